The Morgan fingerprint density at radius 1 is 1.29 bits per heavy atom. The van der Waals surface area contributed by atoms with Crippen LogP contribution in [0.25, 0.3) is 5.69 Å². The molecule has 2 heterocycles. The van der Waals surface area contributed by atoms with E-state index in [4.69, 9.17) is 16.0 Å². The molecule has 0 atom stereocenters. The lowest BCUT2D eigenvalue weighted by Crippen LogP contribution is -2.23. The number of benzene rings is 1. The van der Waals surface area contributed by atoms with Gasteiger partial charge in [-0.15, -0.1) is 0 Å². The zero-order valence-electron chi connectivity index (χ0n) is 13.8. The number of amides is 1. The van der Waals surface area contributed by atoms with Crippen molar-refractivity contribution in [3.05, 3.63) is 69.9 Å². The number of hydrogen-bond acceptors (Lipinski definition) is 3. The third-order valence-electron chi connectivity index (χ3n) is 3.89. The fourth-order valence-electron chi connectivity index (χ4n) is 2.63. The van der Waals surface area contributed by atoms with E-state index in [0.717, 1.165) is 28.5 Å². The van der Waals surface area contributed by atoms with Crippen LogP contribution in [0.1, 0.15) is 33.1 Å². The van der Waals surface area contributed by atoms with E-state index in [1.54, 1.807) is 23.0 Å². The van der Waals surface area contributed by atoms with Crippen molar-refractivity contribution < 1.29 is 9.21 Å². The first-order valence-electron chi connectivity index (χ1n) is 7.60. The molecule has 3 aromatic rings. The van der Waals surface area contributed by atoms with Crippen molar-refractivity contribution in [1.29, 1.82) is 0 Å². The molecule has 0 fully saturated rings. The second-order valence-electron chi connectivity index (χ2n) is 5.66. The van der Waals surface area contributed by atoms with Gasteiger partial charge in [0, 0.05) is 17.1 Å². The molecule has 3 rings (SSSR count). The quantitative estimate of drug-likeness (QED) is 0.779. The van der Waals surface area contributed by atoms with Crippen molar-refractivity contribution in [2.45, 2.75) is 27.3 Å². The maximum atomic E-state index is 12.4. The summed E-state index contributed by atoms with van der Waals surface area (Å²) in [6, 6.07) is 9.28. The zero-order chi connectivity index (χ0) is 17.3. The number of furan rings is 1. The number of carbonyl (C=O) groups excluding carboxylic acids is 1. The van der Waals surface area contributed by atoms with Crippen LogP contribution >= 0.6 is 11.6 Å². The van der Waals surface area contributed by atoms with Gasteiger partial charge in [0.05, 0.1) is 23.1 Å². The molecule has 1 N–H and O–H groups in total. The minimum absolute atomic E-state index is 0.168. The molecule has 124 valence electrons. The van der Waals surface area contributed by atoms with Gasteiger partial charge in [0.1, 0.15) is 11.5 Å². The molecule has 0 unspecified atom stereocenters. The summed E-state index contributed by atoms with van der Waals surface area (Å²) in [7, 11) is 0. The highest BCUT2D eigenvalue weighted by Crippen LogP contribution is 2.18. The lowest BCUT2D eigenvalue weighted by Gasteiger charge is -2.07. The lowest BCUT2D eigenvalue weighted by atomic mass is 10.2. The van der Waals surface area contributed by atoms with E-state index in [-0.39, 0.29) is 5.91 Å². The molecule has 0 aliphatic rings. The van der Waals surface area contributed by atoms with Gasteiger partial charge in [0.2, 0.25) is 0 Å². The zero-order valence-corrected chi connectivity index (χ0v) is 14.5. The van der Waals surface area contributed by atoms with Crippen LogP contribution in [0.2, 0.25) is 5.02 Å². The Balaban J connectivity index is 1.78. The van der Waals surface area contributed by atoms with Crippen LogP contribution in [0.15, 0.2) is 40.9 Å². The Bertz CT molecular complexity index is 896. The summed E-state index contributed by atoms with van der Waals surface area (Å²) in [4.78, 5) is 12.4. The fourth-order valence-corrected chi connectivity index (χ4v) is 2.81. The topological polar surface area (TPSA) is 60.1 Å². The van der Waals surface area contributed by atoms with E-state index in [1.165, 1.54) is 0 Å². The van der Waals surface area contributed by atoms with E-state index in [9.17, 15) is 4.79 Å². The largest absolute Gasteiger partial charge is 0.466 e. The van der Waals surface area contributed by atoms with E-state index in [0.29, 0.717) is 17.1 Å². The minimum Gasteiger partial charge on any atom is -0.466 e. The highest BCUT2D eigenvalue weighted by Gasteiger charge is 2.16. The molecule has 0 radical (unpaired) electrons. The van der Waals surface area contributed by atoms with Crippen LogP contribution in [0, 0.1) is 20.8 Å². The molecular formula is C18H18ClN3O2. The van der Waals surface area contributed by atoms with Gasteiger partial charge in [0.25, 0.3) is 5.91 Å². The first-order chi connectivity index (χ1) is 11.5. The van der Waals surface area contributed by atoms with Crippen molar-refractivity contribution in [1.82, 2.24) is 15.1 Å². The van der Waals surface area contributed by atoms with E-state index >= 15 is 0 Å². The first kappa shape index (κ1) is 16.3. The molecule has 2 aromatic heterocycles. The van der Waals surface area contributed by atoms with Gasteiger partial charge in [-0.1, -0.05) is 17.7 Å². The van der Waals surface area contributed by atoms with Crippen molar-refractivity contribution in [2.24, 2.45) is 0 Å². The number of rotatable bonds is 4. The minimum atomic E-state index is -0.168. The molecule has 0 bridgehead atoms. The predicted octanol–water partition coefficient (Wildman–Crippen LogP) is 3.97. The summed E-state index contributed by atoms with van der Waals surface area (Å²) in [5.74, 6) is 1.49. The molecule has 24 heavy (non-hydrogen) atoms. The van der Waals surface area contributed by atoms with Gasteiger partial charge in [-0.05, 0) is 45.0 Å². The Morgan fingerprint density at radius 3 is 2.75 bits per heavy atom. The second-order valence-corrected chi connectivity index (χ2v) is 6.09. The summed E-state index contributed by atoms with van der Waals surface area (Å²) >= 11 is 6.02. The van der Waals surface area contributed by atoms with Crippen LogP contribution in [-0.2, 0) is 6.54 Å². The Labute approximate surface area is 145 Å². The number of aromatic nitrogens is 2. The third-order valence-corrected chi connectivity index (χ3v) is 4.13. The maximum absolute atomic E-state index is 12.4. The van der Waals surface area contributed by atoms with E-state index < -0.39 is 0 Å². The molecule has 0 aliphatic carbocycles. The van der Waals surface area contributed by atoms with Crippen LogP contribution in [0.3, 0.4) is 0 Å². The van der Waals surface area contributed by atoms with E-state index in [2.05, 4.69) is 10.4 Å². The van der Waals surface area contributed by atoms with Crippen molar-refractivity contribution >= 4 is 17.5 Å². The van der Waals surface area contributed by atoms with Crippen molar-refractivity contribution in [2.75, 3.05) is 0 Å². The average Bonchev–Trinajstić information content (AvgIpc) is 3.07. The number of nitrogens with zero attached hydrogens (tertiary/aromatic N) is 2. The molecule has 0 saturated carbocycles. The summed E-state index contributed by atoms with van der Waals surface area (Å²) in [5, 5.41) is 7.84. The normalized spacial score (nSPS) is 10.8. The number of carbonyl (C=O) groups is 1. The van der Waals surface area contributed by atoms with Gasteiger partial charge in [0.15, 0.2) is 0 Å². The number of aryl methyl sites for hydroxylation is 2. The average molecular weight is 344 g/mol. The van der Waals surface area contributed by atoms with Crippen LogP contribution in [-0.4, -0.2) is 15.7 Å². The van der Waals surface area contributed by atoms with Gasteiger partial charge >= 0.3 is 0 Å². The van der Waals surface area contributed by atoms with Crippen LogP contribution < -0.4 is 5.32 Å². The maximum Gasteiger partial charge on any atom is 0.255 e. The van der Waals surface area contributed by atoms with Crippen molar-refractivity contribution in [3.63, 3.8) is 0 Å². The highest BCUT2D eigenvalue weighted by atomic mass is 35.5. The van der Waals surface area contributed by atoms with Gasteiger partial charge in [-0.3, -0.25) is 4.79 Å². The molecule has 0 saturated heterocycles. The first-order valence-corrected chi connectivity index (χ1v) is 7.98. The molecule has 0 spiro atoms. The second kappa shape index (κ2) is 6.53. The molecule has 0 aliphatic heterocycles. The molecule has 1 amide bonds. The SMILES string of the molecule is Cc1cc(CNC(=O)c2cnn(-c3cccc(Cl)c3)c2C)c(C)o1. The number of hydrogen-bond donors (Lipinski definition) is 1. The smallest absolute Gasteiger partial charge is 0.255 e. The number of halogens is 1. The third kappa shape index (κ3) is 3.21. The summed E-state index contributed by atoms with van der Waals surface area (Å²) in [5.41, 5.74) is 3.09. The Kier molecular flexibility index (Phi) is 4.44. The predicted molar refractivity (Wildman–Crippen MR) is 92.7 cm³/mol. The van der Waals surface area contributed by atoms with Gasteiger partial charge in [-0.25, -0.2) is 4.68 Å². The lowest BCUT2D eigenvalue weighted by molar-refractivity contribution is 0.0950. The van der Waals surface area contributed by atoms with Crippen LogP contribution in [0.5, 0.6) is 0 Å². The molecule has 5 nitrogen and oxygen atoms in total. The summed E-state index contributed by atoms with van der Waals surface area (Å²) < 4.78 is 7.17. The standard InChI is InChI=1S/C18H18ClN3O2/c1-11-7-14(13(3)24-11)9-20-18(23)17-10-21-22(12(17)2)16-6-4-5-15(19)8-16/h4-8,10H,9H2,1-3H3,(H,20,23). The molecule has 6 heteroatoms. The molecule has 1 aromatic carbocycles. The Morgan fingerprint density at radius 2 is 2.08 bits per heavy atom. The van der Waals surface area contributed by atoms with Gasteiger partial charge < -0.3 is 9.73 Å². The van der Waals surface area contributed by atoms with Crippen LogP contribution in [0.4, 0.5) is 0 Å². The highest BCUT2D eigenvalue weighted by molar-refractivity contribution is 6.30. The summed E-state index contributed by atoms with van der Waals surface area (Å²) in [6.45, 7) is 6.05. The monoisotopic (exact) mass is 343 g/mol. The van der Waals surface area contributed by atoms with E-state index in [1.807, 2.05) is 39.0 Å². The number of nitrogens with one attached hydrogen (secondary N) is 1. The molecular weight excluding hydrogens is 326 g/mol. The van der Waals surface area contributed by atoms with Crippen molar-refractivity contribution in [3.8, 4) is 5.69 Å². The fraction of sp³-hybridized carbons (Fsp3) is 0.222. The summed E-state index contributed by atoms with van der Waals surface area (Å²) in [6.07, 6.45) is 1.57. The van der Waals surface area contributed by atoms with Gasteiger partial charge in [-0.2, -0.15) is 5.10 Å². The Hall–Kier alpha value is -2.53.